The summed E-state index contributed by atoms with van der Waals surface area (Å²) < 4.78 is 2.38. The molecule has 124 valence electrons. The van der Waals surface area contributed by atoms with E-state index in [1.165, 1.54) is 0 Å². The number of carbonyl (C=O) groups is 1. The van der Waals surface area contributed by atoms with Gasteiger partial charge in [0.1, 0.15) is 0 Å². The third-order valence-electron chi connectivity index (χ3n) is 3.65. The minimum Gasteiger partial charge on any atom is -0.350 e. The van der Waals surface area contributed by atoms with Crippen LogP contribution in [0.1, 0.15) is 24.9 Å². The van der Waals surface area contributed by atoms with Gasteiger partial charge in [0.15, 0.2) is 10.6 Å². The normalized spacial score (nSPS) is 12.0. The molecule has 1 atom stereocenters. The van der Waals surface area contributed by atoms with Gasteiger partial charge in [-0.2, -0.15) is 5.10 Å². The predicted octanol–water partition coefficient (Wildman–Crippen LogP) is 3.33. The highest BCUT2D eigenvalue weighted by Crippen LogP contribution is 2.23. The van der Waals surface area contributed by atoms with Crippen molar-refractivity contribution < 1.29 is 4.79 Å². The molecular weight excluding hydrogens is 342 g/mol. The molecule has 3 aromatic rings. The van der Waals surface area contributed by atoms with Crippen LogP contribution < -0.4 is 5.32 Å². The molecule has 0 aliphatic heterocycles. The lowest BCUT2D eigenvalue weighted by Crippen LogP contribution is -2.27. The molecule has 3 heterocycles. The first-order chi connectivity index (χ1) is 11.6. The molecule has 1 unspecified atom stereocenters. The summed E-state index contributed by atoms with van der Waals surface area (Å²) in [7, 11) is 0. The second-order valence-corrected chi connectivity index (χ2v) is 6.64. The lowest BCUT2D eigenvalue weighted by molar-refractivity contribution is -0.121. The maximum absolute atomic E-state index is 12.2. The Morgan fingerprint density at radius 1 is 1.42 bits per heavy atom. The van der Waals surface area contributed by atoms with Gasteiger partial charge in [0.2, 0.25) is 5.91 Å². The minimum absolute atomic E-state index is 0.0282. The van der Waals surface area contributed by atoms with Crippen LogP contribution in [0.15, 0.2) is 42.0 Å². The molecule has 0 spiro atoms. The highest BCUT2D eigenvalue weighted by atomic mass is 32.1. The topological polar surface area (TPSA) is 75.6 Å². The monoisotopic (exact) mass is 359 g/mol. The first-order valence-corrected chi connectivity index (χ1v) is 8.82. The maximum Gasteiger partial charge on any atom is 0.222 e. The largest absolute Gasteiger partial charge is 0.350 e. The number of amides is 1. The number of carbonyl (C=O) groups excluding carboxylic acids is 1. The number of nitrogens with zero attached hydrogens (tertiary/aromatic N) is 3. The van der Waals surface area contributed by atoms with Crippen LogP contribution >= 0.6 is 23.6 Å². The molecule has 0 saturated carbocycles. The fourth-order valence-corrected chi connectivity index (χ4v) is 3.33. The van der Waals surface area contributed by atoms with E-state index < -0.39 is 0 Å². The first-order valence-electron chi connectivity index (χ1n) is 7.53. The van der Waals surface area contributed by atoms with Crippen LogP contribution in [0, 0.1) is 4.77 Å². The molecule has 2 N–H and O–H groups in total. The van der Waals surface area contributed by atoms with Gasteiger partial charge in [0, 0.05) is 25.4 Å². The van der Waals surface area contributed by atoms with Crippen molar-refractivity contribution >= 4 is 29.5 Å². The Morgan fingerprint density at radius 3 is 2.92 bits per heavy atom. The number of hydrogen-bond acceptors (Lipinski definition) is 5. The minimum atomic E-state index is -0.0606. The molecule has 0 fully saturated rings. The third kappa shape index (κ3) is 3.77. The molecule has 3 rings (SSSR count). The van der Waals surface area contributed by atoms with E-state index in [4.69, 9.17) is 12.2 Å². The van der Waals surface area contributed by atoms with Crippen LogP contribution in [0.4, 0.5) is 0 Å². The van der Waals surface area contributed by atoms with Gasteiger partial charge in [-0.15, -0.1) is 11.3 Å². The van der Waals surface area contributed by atoms with Gasteiger partial charge in [-0.05, 0) is 48.3 Å². The van der Waals surface area contributed by atoms with E-state index in [1.54, 1.807) is 23.7 Å². The summed E-state index contributed by atoms with van der Waals surface area (Å²) in [6, 6.07) is 7.68. The average Bonchev–Trinajstić information content (AvgIpc) is 3.23. The first kappa shape index (κ1) is 16.5. The summed E-state index contributed by atoms with van der Waals surface area (Å²) in [4.78, 5) is 17.2. The van der Waals surface area contributed by atoms with Crippen molar-refractivity contribution in [3.8, 4) is 10.7 Å². The number of aromatic amines is 1. The SMILES string of the molecule is CC(NC(=O)CCn1c(-c2cccs2)n[nH]c1=S)c1ccncc1. The number of nitrogens with one attached hydrogen (secondary N) is 2. The zero-order valence-corrected chi connectivity index (χ0v) is 14.7. The van der Waals surface area contributed by atoms with E-state index in [9.17, 15) is 4.79 Å². The van der Waals surface area contributed by atoms with Gasteiger partial charge in [0.25, 0.3) is 0 Å². The zero-order chi connectivity index (χ0) is 16.9. The van der Waals surface area contributed by atoms with Crippen LogP contribution in [0.25, 0.3) is 10.7 Å². The Balaban J connectivity index is 1.63. The quantitative estimate of drug-likeness (QED) is 0.662. The van der Waals surface area contributed by atoms with Crippen molar-refractivity contribution in [3.05, 3.63) is 52.4 Å². The van der Waals surface area contributed by atoms with E-state index in [-0.39, 0.29) is 11.9 Å². The fourth-order valence-electron chi connectivity index (χ4n) is 2.38. The van der Waals surface area contributed by atoms with E-state index >= 15 is 0 Å². The van der Waals surface area contributed by atoms with Crippen molar-refractivity contribution in [1.29, 1.82) is 0 Å². The van der Waals surface area contributed by atoms with Gasteiger partial charge >= 0.3 is 0 Å². The van der Waals surface area contributed by atoms with Gasteiger partial charge < -0.3 is 5.32 Å². The van der Waals surface area contributed by atoms with Gasteiger partial charge in [-0.25, -0.2) is 0 Å². The number of hydrogen-bond donors (Lipinski definition) is 2. The van der Waals surface area contributed by atoms with Crippen LogP contribution in [0.2, 0.25) is 0 Å². The molecule has 0 aromatic carbocycles. The van der Waals surface area contributed by atoms with Crippen molar-refractivity contribution in [1.82, 2.24) is 25.1 Å². The molecule has 0 saturated heterocycles. The molecular formula is C16H17N5OS2. The number of aromatic nitrogens is 4. The Morgan fingerprint density at radius 2 is 2.21 bits per heavy atom. The van der Waals surface area contributed by atoms with E-state index in [1.807, 2.05) is 41.1 Å². The predicted molar refractivity (Wildman–Crippen MR) is 96.1 cm³/mol. The number of pyridine rings is 1. The highest BCUT2D eigenvalue weighted by molar-refractivity contribution is 7.71. The lowest BCUT2D eigenvalue weighted by Gasteiger charge is -2.14. The second-order valence-electron chi connectivity index (χ2n) is 5.30. The van der Waals surface area contributed by atoms with Crippen LogP contribution in [-0.2, 0) is 11.3 Å². The molecule has 6 nitrogen and oxygen atoms in total. The van der Waals surface area contributed by atoms with Gasteiger partial charge in [-0.3, -0.25) is 19.4 Å². The van der Waals surface area contributed by atoms with E-state index in [2.05, 4.69) is 20.5 Å². The second kappa shape index (κ2) is 7.50. The molecule has 8 heteroatoms. The number of H-pyrrole nitrogens is 1. The molecule has 1 amide bonds. The summed E-state index contributed by atoms with van der Waals surface area (Å²) in [5.74, 6) is 0.740. The molecule has 3 aromatic heterocycles. The Labute approximate surface area is 148 Å². The summed E-state index contributed by atoms with van der Waals surface area (Å²) in [5.41, 5.74) is 1.03. The van der Waals surface area contributed by atoms with Crippen molar-refractivity contribution in [3.63, 3.8) is 0 Å². The maximum atomic E-state index is 12.2. The molecule has 0 bridgehead atoms. The highest BCUT2D eigenvalue weighted by Gasteiger charge is 2.13. The lowest BCUT2D eigenvalue weighted by atomic mass is 10.1. The molecule has 0 aliphatic rings. The third-order valence-corrected chi connectivity index (χ3v) is 4.82. The van der Waals surface area contributed by atoms with Gasteiger partial charge in [0.05, 0.1) is 10.9 Å². The standard InChI is InChI=1S/C16H17N5OS2/c1-11(12-4-7-17-8-5-12)18-14(22)6-9-21-15(19-20-16(21)23)13-3-2-10-24-13/h2-5,7-8,10-11H,6,9H2,1H3,(H,18,22)(H,20,23). The molecule has 0 aliphatic carbocycles. The molecule has 0 radical (unpaired) electrons. The van der Waals surface area contributed by atoms with Crippen molar-refractivity contribution in [2.75, 3.05) is 0 Å². The Hall–Kier alpha value is -2.32. The van der Waals surface area contributed by atoms with E-state index in [0.717, 1.165) is 16.3 Å². The summed E-state index contributed by atoms with van der Waals surface area (Å²) in [5, 5.41) is 12.0. The van der Waals surface area contributed by atoms with E-state index in [0.29, 0.717) is 17.7 Å². The zero-order valence-electron chi connectivity index (χ0n) is 13.1. The Bertz CT molecular complexity index is 854. The summed E-state index contributed by atoms with van der Waals surface area (Å²) >= 11 is 6.86. The van der Waals surface area contributed by atoms with Crippen molar-refractivity contribution in [2.24, 2.45) is 0 Å². The van der Waals surface area contributed by atoms with Gasteiger partial charge in [-0.1, -0.05) is 6.07 Å². The smallest absolute Gasteiger partial charge is 0.222 e. The Kier molecular flexibility index (Phi) is 5.17. The fraction of sp³-hybridized carbons (Fsp3) is 0.250. The van der Waals surface area contributed by atoms with Crippen molar-refractivity contribution in [2.45, 2.75) is 25.9 Å². The number of thiophene rings is 1. The van der Waals surface area contributed by atoms with Crippen LogP contribution in [0.5, 0.6) is 0 Å². The number of rotatable bonds is 6. The molecule has 24 heavy (non-hydrogen) atoms. The van der Waals surface area contributed by atoms with Crippen LogP contribution in [-0.4, -0.2) is 25.7 Å². The summed E-state index contributed by atoms with van der Waals surface area (Å²) in [6.07, 6.45) is 3.77. The average molecular weight is 359 g/mol. The summed E-state index contributed by atoms with van der Waals surface area (Å²) in [6.45, 7) is 2.44. The van der Waals surface area contributed by atoms with Crippen LogP contribution in [0.3, 0.4) is 0 Å².